The number of ether oxygens (including phenoxy) is 1. The van der Waals surface area contributed by atoms with Crippen molar-refractivity contribution in [3.05, 3.63) is 34.7 Å². The number of aromatic nitrogens is 3. The van der Waals surface area contributed by atoms with Crippen LogP contribution in [0.3, 0.4) is 0 Å². The molecule has 11 heteroatoms. The van der Waals surface area contributed by atoms with Crippen molar-refractivity contribution in [3.63, 3.8) is 0 Å². The largest absolute Gasteiger partial charge is 0.480 e. The maximum absolute atomic E-state index is 14.2. The monoisotopic (exact) mass is 509 g/mol. The minimum atomic E-state index is -3.57. The van der Waals surface area contributed by atoms with Gasteiger partial charge >= 0.3 is 0 Å². The van der Waals surface area contributed by atoms with E-state index in [1.165, 1.54) is 25.4 Å². The Hall–Kier alpha value is -2.53. The Morgan fingerprint density at radius 1 is 1.16 bits per heavy atom. The van der Waals surface area contributed by atoms with E-state index in [1.807, 2.05) is 0 Å². The zero-order valence-electron chi connectivity index (χ0n) is 17.0. The van der Waals surface area contributed by atoms with Gasteiger partial charge in [0.25, 0.3) is 0 Å². The van der Waals surface area contributed by atoms with Crippen molar-refractivity contribution >= 4 is 48.5 Å². The first-order valence-corrected chi connectivity index (χ1v) is 12.4. The van der Waals surface area contributed by atoms with Crippen LogP contribution in [-0.4, -0.2) is 49.8 Å². The molecule has 0 atom stereocenters. The number of methoxy groups -OCH3 is 1. The molecular weight excluding hydrogens is 489 g/mol. The lowest BCUT2D eigenvalue weighted by Crippen LogP contribution is -2.31. The molecular formula is C20H21BrFN5O3S. The average molecular weight is 510 g/mol. The van der Waals surface area contributed by atoms with Gasteiger partial charge in [-0.05, 0) is 53.4 Å². The van der Waals surface area contributed by atoms with Gasteiger partial charge in [0.1, 0.15) is 11.5 Å². The summed E-state index contributed by atoms with van der Waals surface area (Å²) in [5.74, 6) is 0.227. The number of hydrogen-bond donors (Lipinski definition) is 1. The van der Waals surface area contributed by atoms with E-state index in [-0.39, 0.29) is 11.6 Å². The Bertz CT molecular complexity index is 1250. The molecule has 1 aliphatic rings. The fourth-order valence-corrected chi connectivity index (χ4v) is 4.68. The van der Waals surface area contributed by atoms with Crippen LogP contribution in [0.25, 0.3) is 22.2 Å². The summed E-state index contributed by atoms with van der Waals surface area (Å²) in [6.45, 7) is 1.68. The smallest absolute Gasteiger partial charge is 0.238 e. The van der Waals surface area contributed by atoms with Crippen LogP contribution in [0.4, 0.5) is 16.0 Å². The number of fused-ring (bicyclic) bond motifs is 1. The zero-order valence-corrected chi connectivity index (χ0v) is 19.4. The Labute approximate surface area is 188 Å². The van der Waals surface area contributed by atoms with Gasteiger partial charge < -0.3 is 9.64 Å². The molecule has 3 heterocycles. The van der Waals surface area contributed by atoms with Crippen LogP contribution in [0.5, 0.6) is 5.88 Å². The van der Waals surface area contributed by atoms with Crippen LogP contribution in [-0.2, 0) is 10.0 Å². The van der Waals surface area contributed by atoms with E-state index in [2.05, 4.69) is 35.5 Å². The number of pyridine rings is 1. The van der Waals surface area contributed by atoms with Crippen LogP contribution in [0.1, 0.15) is 19.3 Å². The van der Waals surface area contributed by atoms with Crippen LogP contribution >= 0.6 is 15.9 Å². The molecule has 0 spiro atoms. The molecule has 1 fully saturated rings. The summed E-state index contributed by atoms with van der Waals surface area (Å²) < 4.78 is 45.9. The second-order valence-corrected chi connectivity index (χ2v) is 9.96. The highest BCUT2D eigenvalue weighted by Crippen LogP contribution is 2.35. The Morgan fingerprint density at radius 3 is 2.58 bits per heavy atom. The van der Waals surface area contributed by atoms with Gasteiger partial charge in [0.15, 0.2) is 0 Å². The fourth-order valence-electron chi connectivity index (χ4n) is 3.62. The minimum absolute atomic E-state index is 0.121. The number of nitrogens with one attached hydrogen (secondary N) is 1. The summed E-state index contributed by atoms with van der Waals surface area (Å²) in [7, 11) is -2.17. The molecule has 0 saturated carbocycles. The highest BCUT2D eigenvalue weighted by atomic mass is 79.9. The first-order valence-electron chi connectivity index (χ1n) is 9.69. The third-order valence-corrected chi connectivity index (χ3v) is 6.15. The summed E-state index contributed by atoms with van der Waals surface area (Å²) in [5, 5.41) is 0.491. The van der Waals surface area contributed by atoms with E-state index in [0.29, 0.717) is 32.6 Å². The van der Waals surface area contributed by atoms with E-state index in [4.69, 9.17) is 9.72 Å². The van der Waals surface area contributed by atoms with Gasteiger partial charge in [0, 0.05) is 34.7 Å². The molecule has 0 bridgehead atoms. The van der Waals surface area contributed by atoms with Crippen molar-refractivity contribution in [1.82, 2.24) is 15.0 Å². The van der Waals surface area contributed by atoms with Crippen molar-refractivity contribution in [3.8, 4) is 17.1 Å². The number of hydrogen-bond acceptors (Lipinski definition) is 7. The van der Waals surface area contributed by atoms with Crippen molar-refractivity contribution in [1.29, 1.82) is 0 Å². The molecule has 0 radical (unpaired) electrons. The predicted molar refractivity (Wildman–Crippen MR) is 122 cm³/mol. The third-order valence-electron chi connectivity index (χ3n) is 4.96. The highest BCUT2D eigenvalue weighted by Gasteiger charge is 2.20. The Morgan fingerprint density at radius 2 is 1.90 bits per heavy atom. The van der Waals surface area contributed by atoms with Crippen LogP contribution in [0.2, 0.25) is 0 Å². The maximum Gasteiger partial charge on any atom is 0.238 e. The molecule has 4 rings (SSSR count). The minimum Gasteiger partial charge on any atom is -0.480 e. The molecule has 1 saturated heterocycles. The molecule has 8 nitrogen and oxygen atoms in total. The number of anilines is 2. The normalized spacial score (nSPS) is 14.6. The van der Waals surface area contributed by atoms with E-state index in [0.717, 1.165) is 38.6 Å². The van der Waals surface area contributed by atoms with Gasteiger partial charge in [-0.1, -0.05) is 0 Å². The first kappa shape index (κ1) is 21.7. The average Bonchev–Trinajstić information content (AvgIpc) is 2.72. The molecule has 164 valence electrons. The molecule has 1 N–H and O–H groups in total. The van der Waals surface area contributed by atoms with Gasteiger partial charge in [-0.25, -0.2) is 27.8 Å². The molecule has 31 heavy (non-hydrogen) atoms. The molecule has 0 amide bonds. The quantitative estimate of drug-likeness (QED) is 0.555. The maximum atomic E-state index is 14.2. The second kappa shape index (κ2) is 8.54. The Balaban J connectivity index is 1.94. The second-order valence-electron chi connectivity index (χ2n) is 7.36. The topological polar surface area (TPSA) is 97.3 Å². The number of sulfonamides is 1. The van der Waals surface area contributed by atoms with E-state index in [1.54, 1.807) is 6.07 Å². The van der Waals surface area contributed by atoms with Gasteiger partial charge in [0.05, 0.1) is 24.6 Å². The first-order chi connectivity index (χ1) is 14.7. The van der Waals surface area contributed by atoms with E-state index < -0.39 is 15.8 Å². The van der Waals surface area contributed by atoms with Crippen LogP contribution in [0, 0.1) is 5.82 Å². The fraction of sp³-hybridized carbons (Fsp3) is 0.350. The zero-order chi connectivity index (χ0) is 22.2. The van der Waals surface area contributed by atoms with Crippen molar-refractivity contribution in [2.75, 3.05) is 36.1 Å². The standard InChI is InChI=1S/C20H21BrFN5O3S/c1-30-19-16(26-31(2,28)29)8-12(11-23-19)17-14-9-13(22)10-15(21)18(14)25-20(24-17)27-6-4-3-5-7-27/h8-11,26H,3-7H2,1-2H3. The molecule has 1 aromatic carbocycles. The summed E-state index contributed by atoms with van der Waals surface area (Å²) in [6.07, 6.45) is 5.82. The van der Waals surface area contributed by atoms with Crippen LogP contribution < -0.4 is 14.4 Å². The molecule has 0 aliphatic carbocycles. The SMILES string of the molecule is COc1ncc(-c2nc(N3CCCCC3)nc3c(Br)cc(F)cc23)cc1NS(C)(=O)=O. The van der Waals surface area contributed by atoms with Crippen molar-refractivity contribution in [2.45, 2.75) is 19.3 Å². The van der Waals surface area contributed by atoms with Crippen LogP contribution in [0.15, 0.2) is 28.9 Å². The summed E-state index contributed by atoms with van der Waals surface area (Å²) in [6, 6.07) is 4.30. The summed E-state index contributed by atoms with van der Waals surface area (Å²) >= 11 is 3.41. The number of halogens is 2. The number of rotatable bonds is 5. The highest BCUT2D eigenvalue weighted by molar-refractivity contribution is 9.10. The molecule has 0 unspecified atom stereocenters. The number of nitrogens with zero attached hydrogens (tertiary/aromatic N) is 4. The lowest BCUT2D eigenvalue weighted by Gasteiger charge is -2.27. The van der Waals surface area contributed by atoms with E-state index in [9.17, 15) is 12.8 Å². The van der Waals surface area contributed by atoms with Crippen molar-refractivity contribution in [2.24, 2.45) is 0 Å². The molecule has 2 aromatic heterocycles. The summed E-state index contributed by atoms with van der Waals surface area (Å²) in [4.78, 5) is 15.8. The van der Waals surface area contributed by atoms with Gasteiger partial charge in [-0.2, -0.15) is 0 Å². The number of piperidine rings is 1. The Kier molecular flexibility index (Phi) is 5.98. The summed E-state index contributed by atoms with van der Waals surface area (Å²) in [5.41, 5.74) is 1.71. The van der Waals surface area contributed by atoms with Crippen molar-refractivity contribution < 1.29 is 17.5 Å². The molecule has 1 aliphatic heterocycles. The van der Waals surface area contributed by atoms with E-state index >= 15 is 0 Å². The lowest BCUT2D eigenvalue weighted by atomic mass is 10.1. The van der Waals surface area contributed by atoms with Gasteiger partial charge in [0.2, 0.25) is 21.9 Å². The van der Waals surface area contributed by atoms with Gasteiger partial charge in [-0.15, -0.1) is 0 Å². The van der Waals surface area contributed by atoms with Gasteiger partial charge in [-0.3, -0.25) is 4.72 Å². The third kappa shape index (κ3) is 4.72. The predicted octanol–water partition coefficient (Wildman–Crippen LogP) is 3.96. The lowest BCUT2D eigenvalue weighted by molar-refractivity contribution is 0.400. The molecule has 3 aromatic rings. The number of benzene rings is 1.